The van der Waals surface area contributed by atoms with Crippen LogP contribution in [0.5, 0.6) is 5.75 Å². The van der Waals surface area contributed by atoms with E-state index < -0.39 is 9.84 Å². The second-order valence-corrected chi connectivity index (χ2v) is 6.46. The van der Waals surface area contributed by atoms with Gasteiger partial charge in [0.1, 0.15) is 11.8 Å². The Morgan fingerprint density at radius 3 is 2.85 bits per heavy atom. The summed E-state index contributed by atoms with van der Waals surface area (Å²) < 4.78 is 29.7. The monoisotopic (exact) mass is 306 g/mol. The van der Waals surface area contributed by atoms with E-state index in [1.807, 2.05) is 0 Å². The maximum atomic E-state index is 12.3. The predicted octanol–water partition coefficient (Wildman–Crippen LogP) is 2.49. The summed E-state index contributed by atoms with van der Waals surface area (Å²) in [4.78, 5) is 3.99. The average molecular weight is 306 g/mol. The fourth-order valence-electron chi connectivity index (χ4n) is 1.49. The molecular formula is C13H10N2O3S2. The van der Waals surface area contributed by atoms with E-state index in [1.165, 1.54) is 36.8 Å². The standard InChI is InChI=1S/C13H10N2O3S2/c1-18-11-5-7-19-12(11)8-10(9-14)20(16,17)13-4-2-3-6-15-13/h2-8H,1H3/b10-8+. The van der Waals surface area contributed by atoms with E-state index in [1.54, 1.807) is 29.6 Å². The third-order valence-corrected chi connectivity index (χ3v) is 4.88. The van der Waals surface area contributed by atoms with Crippen molar-refractivity contribution in [3.05, 3.63) is 45.6 Å². The quantitative estimate of drug-likeness (QED) is 0.811. The van der Waals surface area contributed by atoms with Crippen molar-refractivity contribution in [2.75, 3.05) is 7.11 Å². The summed E-state index contributed by atoms with van der Waals surface area (Å²) in [6.45, 7) is 0. The van der Waals surface area contributed by atoms with E-state index in [4.69, 9.17) is 10.00 Å². The number of hydrogen-bond acceptors (Lipinski definition) is 6. The summed E-state index contributed by atoms with van der Waals surface area (Å²) in [5.41, 5.74) is 0. The molecule has 0 aliphatic rings. The fourth-order valence-corrected chi connectivity index (χ4v) is 3.43. The summed E-state index contributed by atoms with van der Waals surface area (Å²) in [6.07, 6.45) is 2.67. The third kappa shape index (κ3) is 2.71. The molecule has 102 valence electrons. The molecule has 0 N–H and O–H groups in total. The van der Waals surface area contributed by atoms with Crippen LogP contribution < -0.4 is 4.74 Å². The number of nitrogens with zero attached hydrogens (tertiary/aromatic N) is 2. The van der Waals surface area contributed by atoms with Gasteiger partial charge in [-0.15, -0.1) is 11.3 Å². The molecule has 0 aliphatic heterocycles. The average Bonchev–Trinajstić information content (AvgIpc) is 2.92. The molecule has 0 unspecified atom stereocenters. The zero-order valence-electron chi connectivity index (χ0n) is 10.5. The lowest BCUT2D eigenvalue weighted by atomic mass is 10.4. The fraction of sp³-hybridized carbons (Fsp3) is 0.0769. The van der Waals surface area contributed by atoms with Gasteiger partial charge in [-0.2, -0.15) is 5.26 Å². The van der Waals surface area contributed by atoms with Crippen molar-refractivity contribution in [3.63, 3.8) is 0 Å². The van der Waals surface area contributed by atoms with Crippen LogP contribution in [0.2, 0.25) is 0 Å². The smallest absolute Gasteiger partial charge is 0.233 e. The van der Waals surface area contributed by atoms with Crippen molar-refractivity contribution in [1.29, 1.82) is 5.26 Å². The number of allylic oxidation sites excluding steroid dienone is 1. The molecule has 2 aromatic heterocycles. The van der Waals surface area contributed by atoms with Crippen LogP contribution >= 0.6 is 11.3 Å². The number of nitriles is 1. The number of hydrogen-bond donors (Lipinski definition) is 0. The number of thiophene rings is 1. The van der Waals surface area contributed by atoms with E-state index in [0.29, 0.717) is 10.6 Å². The summed E-state index contributed by atoms with van der Waals surface area (Å²) in [7, 11) is -2.43. The van der Waals surface area contributed by atoms with Gasteiger partial charge in [-0.05, 0) is 29.7 Å². The first kappa shape index (κ1) is 14.2. The molecule has 2 aromatic rings. The SMILES string of the molecule is COc1ccsc1/C=C(\C#N)S(=O)(=O)c1ccccn1. The van der Waals surface area contributed by atoms with Crippen molar-refractivity contribution >= 4 is 27.3 Å². The van der Waals surface area contributed by atoms with Gasteiger partial charge in [0.05, 0.1) is 12.0 Å². The minimum Gasteiger partial charge on any atom is -0.495 e. The summed E-state index contributed by atoms with van der Waals surface area (Å²) in [6, 6.07) is 7.94. The van der Waals surface area contributed by atoms with Crippen LogP contribution in [0.3, 0.4) is 0 Å². The van der Waals surface area contributed by atoms with Crippen molar-refractivity contribution in [2.24, 2.45) is 0 Å². The highest BCUT2D eigenvalue weighted by Gasteiger charge is 2.22. The van der Waals surface area contributed by atoms with E-state index in [9.17, 15) is 8.42 Å². The van der Waals surface area contributed by atoms with E-state index >= 15 is 0 Å². The molecule has 20 heavy (non-hydrogen) atoms. The number of pyridine rings is 1. The second-order valence-electron chi connectivity index (χ2n) is 3.65. The zero-order valence-corrected chi connectivity index (χ0v) is 12.1. The Morgan fingerprint density at radius 2 is 2.25 bits per heavy atom. The predicted molar refractivity (Wildman–Crippen MR) is 75.9 cm³/mol. The Bertz CT molecular complexity index is 771. The van der Waals surface area contributed by atoms with Crippen LogP contribution in [0.25, 0.3) is 6.08 Å². The Kier molecular flexibility index (Phi) is 4.17. The molecule has 2 heterocycles. The van der Waals surface area contributed by atoms with Gasteiger partial charge in [-0.25, -0.2) is 13.4 Å². The number of ether oxygens (including phenoxy) is 1. The highest BCUT2D eigenvalue weighted by Crippen LogP contribution is 2.29. The van der Waals surface area contributed by atoms with Gasteiger partial charge in [0.2, 0.25) is 9.84 Å². The van der Waals surface area contributed by atoms with Crippen LogP contribution in [-0.4, -0.2) is 20.5 Å². The molecule has 5 nitrogen and oxygen atoms in total. The van der Waals surface area contributed by atoms with E-state index in [-0.39, 0.29) is 9.93 Å². The van der Waals surface area contributed by atoms with Gasteiger partial charge < -0.3 is 4.74 Å². The Balaban J connectivity index is 2.51. The lowest BCUT2D eigenvalue weighted by Crippen LogP contribution is -2.05. The molecule has 0 saturated carbocycles. The van der Waals surface area contributed by atoms with E-state index in [0.717, 1.165) is 0 Å². The lowest BCUT2D eigenvalue weighted by molar-refractivity contribution is 0.416. The maximum absolute atomic E-state index is 12.3. The molecular weight excluding hydrogens is 296 g/mol. The first-order chi connectivity index (χ1) is 9.59. The van der Waals surface area contributed by atoms with Crippen molar-refractivity contribution in [1.82, 2.24) is 4.98 Å². The first-order valence-corrected chi connectivity index (χ1v) is 7.85. The van der Waals surface area contributed by atoms with Gasteiger partial charge in [0, 0.05) is 6.20 Å². The number of rotatable bonds is 4. The van der Waals surface area contributed by atoms with Crippen LogP contribution in [0.1, 0.15) is 4.88 Å². The topological polar surface area (TPSA) is 80.0 Å². The Hall–Kier alpha value is -2.17. The lowest BCUT2D eigenvalue weighted by Gasteiger charge is -2.02. The summed E-state index contributed by atoms with van der Waals surface area (Å²) in [5.74, 6) is 0.527. The molecule has 0 fully saturated rings. The van der Waals surface area contributed by atoms with Gasteiger partial charge in [0.25, 0.3) is 0 Å². The minimum atomic E-state index is -3.91. The summed E-state index contributed by atoms with van der Waals surface area (Å²) in [5, 5.41) is 10.7. The molecule has 0 bridgehead atoms. The van der Waals surface area contributed by atoms with Gasteiger partial charge in [-0.3, -0.25) is 0 Å². The molecule has 2 rings (SSSR count). The van der Waals surface area contributed by atoms with Crippen LogP contribution in [0.15, 0.2) is 45.8 Å². The van der Waals surface area contributed by atoms with Gasteiger partial charge >= 0.3 is 0 Å². The second kappa shape index (κ2) is 5.86. The Labute approximate surface area is 120 Å². The van der Waals surface area contributed by atoms with Gasteiger partial charge in [-0.1, -0.05) is 6.07 Å². The Morgan fingerprint density at radius 1 is 1.45 bits per heavy atom. The van der Waals surface area contributed by atoms with Crippen LogP contribution in [0, 0.1) is 11.3 Å². The number of aromatic nitrogens is 1. The van der Waals surface area contributed by atoms with Crippen molar-refractivity contribution in [3.8, 4) is 11.8 Å². The normalized spacial score (nSPS) is 11.9. The number of methoxy groups -OCH3 is 1. The molecule has 7 heteroatoms. The molecule has 0 atom stereocenters. The largest absolute Gasteiger partial charge is 0.495 e. The molecule has 0 radical (unpaired) electrons. The molecule has 0 saturated heterocycles. The van der Waals surface area contributed by atoms with Crippen molar-refractivity contribution in [2.45, 2.75) is 5.03 Å². The molecule has 0 amide bonds. The maximum Gasteiger partial charge on any atom is 0.233 e. The molecule has 0 spiro atoms. The third-order valence-electron chi connectivity index (χ3n) is 2.45. The molecule has 0 aliphatic carbocycles. The van der Waals surface area contributed by atoms with Crippen molar-refractivity contribution < 1.29 is 13.2 Å². The summed E-state index contributed by atoms with van der Waals surface area (Å²) >= 11 is 1.29. The highest BCUT2D eigenvalue weighted by atomic mass is 32.2. The van der Waals surface area contributed by atoms with Crippen LogP contribution in [0.4, 0.5) is 0 Å². The van der Waals surface area contributed by atoms with Gasteiger partial charge in [0.15, 0.2) is 9.93 Å². The van der Waals surface area contributed by atoms with E-state index in [2.05, 4.69) is 4.98 Å². The highest BCUT2D eigenvalue weighted by molar-refractivity contribution is 7.95. The first-order valence-electron chi connectivity index (χ1n) is 5.49. The van der Waals surface area contributed by atoms with Crippen LogP contribution in [-0.2, 0) is 9.84 Å². The molecule has 0 aromatic carbocycles. The minimum absolute atomic E-state index is 0.150. The number of sulfone groups is 1. The zero-order chi connectivity index (χ0) is 14.6.